The van der Waals surface area contributed by atoms with Crippen LogP contribution < -0.4 is 5.32 Å². The lowest BCUT2D eigenvalue weighted by Crippen LogP contribution is -2.13. The van der Waals surface area contributed by atoms with E-state index in [9.17, 15) is 4.79 Å². The molecule has 0 saturated carbocycles. The van der Waals surface area contributed by atoms with E-state index in [1.165, 1.54) is 0 Å². The van der Waals surface area contributed by atoms with Gasteiger partial charge in [0.15, 0.2) is 0 Å². The number of carbonyl (C=O) groups excluding carboxylic acids is 1. The van der Waals surface area contributed by atoms with Crippen molar-refractivity contribution in [1.29, 1.82) is 0 Å². The van der Waals surface area contributed by atoms with Crippen molar-refractivity contribution in [3.05, 3.63) is 96.1 Å². The van der Waals surface area contributed by atoms with Crippen LogP contribution >= 0.6 is 0 Å². The van der Waals surface area contributed by atoms with Crippen LogP contribution in [-0.2, 0) is 6.42 Å². The van der Waals surface area contributed by atoms with Crippen molar-refractivity contribution in [2.75, 3.05) is 5.32 Å². The van der Waals surface area contributed by atoms with Gasteiger partial charge in [0.05, 0.1) is 6.42 Å². The first-order chi connectivity index (χ1) is 13.3. The molecule has 0 unspecified atom stereocenters. The predicted octanol–water partition coefficient (Wildman–Crippen LogP) is 3.97. The van der Waals surface area contributed by atoms with E-state index in [0.717, 1.165) is 16.8 Å². The second-order valence-corrected chi connectivity index (χ2v) is 5.90. The van der Waals surface area contributed by atoms with E-state index in [2.05, 4.69) is 20.4 Å². The number of aromatic nitrogens is 3. The van der Waals surface area contributed by atoms with Gasteiger partial charge < -0.3 is 9.84 Å². The van der Waals surface area contributed by atoms with Gasteiger partial charge in [0.25, 0.3) is 5.91 Å². The fourth-order valence-corrected chi connectivity index (χ4v) is 2.69. The molecule has 1 amide bonds. The minimum atomic E-state index is -0.161. The van der Waals surface area contributed by atoms with Crippen LogP contribution in [0.4, 0.5) is 5.69 Å². The summed E-state index contributed by atoms with van der Waals surface area (Å²) in [6, 6.07) is 20.3. The quantitative estimate of drug-likeness (QED) is 0.585. The lowest BCUT2D eigenvalue weighted by atomic mass is 10.1. The van der Waals surface area contributed by atoms with Gasteiger partial charge in [0, 0.05) is 29.2 Å². The van der Waals surface area contributed by atoms with Crippen molar-refractivity contribution in [1.82, 2.24) is 15.1 Å². The summed E-state index contributed by atoms with van der Waals surface area (Å²) in [4.78, 5) is 20.9. The molecule has 4 rings (SSSR count). The van der Waals surface area contributed by atoms with Gasteiger partial charge in [0.1, 0.15) is 0 Å². The predicted molar refractivity (Wildman–Crippen MR) is 101 cm³/mol. The standard InChI is InChI=1S/C21H16N4O2/c26-21(16-6-2-1-3-7-16)23-18-9-5-4-8-17(18)14-19-24-20(25-27-19)15-10-12-22-13-11-15/h1-13H,14H2,(H,23,26). The summed E-state index contributed by atoms with van der Waals surface area (Å²) in [5.41, 5.74) is 3.05. The molecule has 132 valence electrons. The molecule has 0 spiro atoms. The molecule has 0 fully saturated rings. The van der Waals surface area contributed by atoms with Crippen molar-refractivity contribution < 1.29 is 9.32 Å². The fourth-order valence-electron chi connectivity index (χ4n) is 2.69. The summed E-state index contributed by atoms with van der Waals surface area (Å²) in [6.45, 7) is 0. The van der Waals surface area contributed by atoms with Gasteiger partial charge in [-0.1, -0.05) is 41.6 Å². The first-order valence-corrected chi connectivity index (χ1v) is 8.47. The number of pyridine rings is 1. The molecule has 6 heteroatoms. The number of rotatable bonds is 5. The van der Waals surface area contributed by atoms with Crippen molar-refractivity contribution in [2.45, 2.75) is 6.42 Å². The largest absolute Gasteiger partial charge is 0.339 e. The minimum Gasteiger partial charge on any atom is -0.339 e. The molecule has 1 N–H and O–H groups in total. The van der Waals surface area contributed by atoms with Crippen LogP contribution in [0.15, 0.2) is 83.6 Å². The summed E-state index contributed by atoms with van der Waals surface area (Å²) < 4.78 is 5.37. The van der Waals surface area contributed by atoms with Crippen molar-refractivity contribution in [3.63, 3.8) is 0 Å². The van der Waals surface area contributed by atoms with Crippen LogP contribution in [0.2, 0.25) is 0 Å². The topological polar surface area (TPSA) is 80.9 Å². The second kappa shape index (κ2) is 7.61. The number of nitrogens with zero attached hydrogens (tertiary/aromatic N) is 3. The molecule has 2 aromatic heterocycles. The fraction of sp³-hybridized carbons (Fsp3) is 0.0476. The molecule has 2 aromatic carbocycles. The molecular formula is C21H16N4O2. The Kier molecular flexibility index (Phi) is 4.70. The van der Waals surface area contributed by atoms with Gasteiger partial charge in [-0.2, -0.15) is 4.98 Å². The third-order valence-corrected chi connectivity index (χ3v) is 4.05. The highest BCUT2D eigenvalue weighted by molar-refractivity contribution is 6.04. The second-order valence-electron chi connectivity index (χ2n) is 5.90. The van der Waals surface area contributed by atoms with Gasteiger partial charge in [-0.3, -0.25) is 9.78 Å². The van der Waals surface area contributed by atoms with Gasteiger partial charge in [0.2, 0.25) is 11.7 Å². The van der Waals surface area contributed by atoms with E-state index in [1.54, 1.807) is 24.5 Å². The Morgan fingerprint density at radius 3 is 2.48 bits per heavy atom. The average Bonchev–Trinajstić information content (AvgIpc) is 3.19. The highest BCUT2D eigenvalue weighted by atomic mass is 16.5. The number of nitrogens with one attached hydrogen (secondary N) is 1. The maximum absolute atomic E-state index is 12.4. The zero-order valence-corrected chi connectivity index (χ0v) is 14.4. The van der Waals surface area contributed by atoms with Crippen molar-refractivity contribution >= 4 is 11.6 Å². The molecule has 2 heterocycles. The average molecular weight is 356 g/mol. The Balaban J connectivity index is 1.54. The van der Waals surface area contributed by atoms with Crippen molar-refractivity contribution in [3.8, 4) is 11.4 Å². The van der Waals surface area contributed by atoms with Crippen LogP contribution in [-0.4, -0.2) is 21.0 Å². The highest BCUT2D eigenvalue weighted by Crippen LogP contribution is 2.21. The van der Waals surface area contributed by atoms with Gasteiger partial charge in [-0.15, -0.1) is 0 Å². The van der Waals surface area contributed by atoms with Crippen LogP contribution in [0.5, 0.6) is 0 Å². The molecule has 6 nitrogen and oxygen atoms in total. The molecule has 0 aliphatic rings. The number of hydrogen-bond donors (Lipinski definition) is 1. The zero-order valence-electron chi connectivity index (χ0n) is 14.4. The maximum atomic E-state index is 12.4. The first kappa shape index (κ1) is 16.7. The monoisotopic (exact) mass is 356 g/mol. The van der Waals surface area contributed by atoms with Crippen LogP contribution in [0.1, 0.15) is 21.8 Å². The van der Waals surface area contributed by atoms with Crippen LogP contribution in [0, 0.1) is 0 Å². The minimum absolute atomic E-state index is 0.161. The van der Waals surface area contributed by atoms with E-state index in [4.69, 9.17) is 4.52 Å². The summed E-state index contributed by atoms with van der Waals surface area (Å²) in [5.74, 6) is 0.826. The normalized spacial score (nSPS) is 10.5. The smallest absolute Gasteiger partial charge is 0.255 e. The van der Waals surface area contributed by atoms with Gasteiger partial charge in [-0.05, 0) is 35.9 Å². The summed E-state index contributed by atoms with van der Waals surface area (Å²) >= 11 is 0. The van der Waals surface area contributed by atoms with Crippen LogP contribution in [0.25, 0.3) is 11.4 Å². The van der Waals surface area contributed by atoms with Gasteiger partial charge >= 0.3 is 0 Å². The molecule has 4 aromatic rings. The highest BCUT2D eigenvalue weighted by Gasteiger charge is 2.13. The Morgan fingerprint density at radius 1 is 0.926 bits per heavy atom. The lowest BCUT2D eigenvalue weighted by Gasteiger charge is -2.09. The van der Waals surface area contributed by atoms with E-state index in [0.29, 0.717) is 23.7 Å². The third-order valence-electron chi connectivity index (χ3n) is 4.05. The molecule has 0 aliphatic heterocycles. The van der Waals surface area contributed by atoms with E-state index in [1.807, 2.05) is 54.6 Å². The Hall–Kier alpha value is -3.80. The lowest BCUT2D eigenvalue weighted by molar-refractivity contribution is 0.102. The molecule has 27 heavy (non-hydrogen) atoms. The van der Waals surface area contributed by atoms with E-state index >= 15 is 0 Å². The number of anilines is 1. The van der Waals surface area contributed by atoms with Crippen molar-refractivity contribution in [2.24, 2.45) is 0 Å². The Labute approximate surface area is 155 Å². The molecule has 0 radical (unpaired) electrons. The summed E-state index contributed by atoms with van der Waals surface area (Å²) in [5, 5.41) is 6.97. The van der Waals surface area contributed by atoms with Crippen LogP contribution in [0.3, 0.4) is 0 Å². The zero-order chi connectivity index (χ0) is 18.5. The first-order valence-electron chi connectivity index (χ1n) is 8.47. The molecular weight excluding hydrogens is 340 g/mol. The van der Waals surface area contributed by atoms with E-state index < -0.39 is 0 Å². The summed E-state index contributed by atoms with van der Waals surface area (Å²) in [7, 11) is 0. The molecule has 0 aliphatic carbocycles. The van der Waals surface area contributed by atoms with Gasteiger partial charge in [-0.25, -0.2) is 0 Å². The number of amides is 1. The number of carbonyl (C=O) groups is 1. The third kappa shape index (κ3) is 3.90. The number of hydrogen-bond acceptors (Lipinski definition) is 5. The number of benzene rings is 2. The molecule has 0 bridgehead atoms. The molecule has 0 atom stereocenters. The summed E-state index contributed by atoms with van der Waals surface area (Å²) in [6.07, 6.45) is 3.78. The van der Waals surface area contributed by atoms with E-state index in [-0.39, 0.29) is 5.91 Å². The number of para-hydroxylation sites is 1. The Bertz CT molecular complexity index is 1050. The SMILES string of the molecule is O=C(Nc1ccccc1Cc1nc(-c2ccncc2)no1)c1ccccc1. The molecule has 0 saturated heterocycles. The maximum Gasteiger partial charge on any atom is 0.255 e. The Morgan fingerprint density at radius 2 is 1.67 bits per heavy atom.